The van der Waals surface area contributed by atoms with Crippen molar-refractivity contribution in [2.24, 2.45) is 11.7 Å². The molecular weight excluding hydrogens is 203 g/mol. The van der Waals surface area contributed by atoms with Crippen LogP contribution in [-0.4, -0.2) is 12.2 Å². The monoisotopic (exact) mass is 215 g/mol. The smallest absolute Gasteiger partial charge is 0.320 e. The summed E-state index contributed by atoms with van der Waals surface area (Å²) in [6.45, 7) is 0. The maximum absolute atomic E-state index is 12.3. The van der Waals surface area contributed by atoms with Crippen LogP contribution in [0.3, 0.4) is 0 Å². The fourth-order valence-electron chi connectivity index (χ4n) is 1.94. The lowest BCUT2D eigenvalue weighted by atomic mass is 10.1. The first-order valence-corrected chi connectivity index (χ1v) is 4.87. The van der Waals surface area contributed by atoms with Crippen molar-refractivity contribution in [2.45, 2.75) is 24.6 Å². The minimum Gasteiger partial charge on any atom is -0.320 e. The third-order valence-corrected chi connectivity index (χ3v) is 2.91. The molecule has 1 aliphatic carbocycles. The van der Waals surface area contributed by atoms with Gasteiger partial charge >= 0.3 is 6.18 Å². The molecule has 3 unspecified atom stereocenters. The molecule has 3 atom stereocenters. The molecule has 0 radical (unpaired) electrons. The molecule has 1 aliphatic rings. The molecule has 0 aliphatic heterocycles. The standard InChI is InChI=1S/C11H12F3N/c12-11(13,14)10(15)9-6-8(9)7-4-2-1-3-5-7/h1-5,8-10H,6,15H2. The van der Waals surface area contributed by atoms with Gasteiger partial charge in [0.25, 0.3) is 0 Å². The van der Waals surface area contributed by atoms with E-state index in [4.69, 9.17) is 5.73 Å². The molecule has 0 bridgehead atoms. The Labute approximate surface area is 86.1 Å². The number of hydrogen-bond acceptors (Lipinski definition) is 1. The number of nitrogens with two attached hydrogens (primary N) is 1. The van der Waals surface area contributed by atoms with Crippen LogP contribution in [0.25, 0.3) is 0 Å². The second-order valence-corrected chi connectivity index (χ2v) is 3.98. The zero-order chi connectivity index (χ0) is 11.1. The minimum atomic E-state index is -4.27. The van der Waals surface area contributed by atoms with Crippen LogP contribution in [0.15, 0.2) is 30.3 Å². The molecule has 2 N–H and O–H groups in total. The van der Waals surface area contributed by atoms with Crippen LogP contribution >= 0.6 is 0 Å². The first-order valence-electron chi connectivity index (χ1n) is 4.87. The topological polar surface area (TPSA) is 26.0 Å². The lowest BCUT2D eigenvalue weighted by molar-refractivity contribution is -0.152. The van der Waals surface area contributed by atoms with Gasteiger partial charge in [-0.2, -0.15) is 13.2 Å². The Morgan fingerprint density at radius 2 is 1.80 bits per heavy atom. The van der Waals surface area contributed by atoms with Crippen LogP contribution in [0.1, 0.15) is 17.9 Å². The molecule has 1 fully saturated rings. The van der Waals surface area contributed by atoms with Gasteiger partial charge in [0, 0.05) is 0 Å². The summed E-state index contributed by atoms with van der Waals surface area (Å²) in [6, 6.07) is 7.56. The lowest BCUT2D eigenvalue weighted by Gasteiger charge is -2.15. The van der Waals surface area contributed by atoms with Crippen molar-refractivity contribution in [2.75, 3.05) is 0 Å². The van der Waals surface area contributed by atoms with Gasteiger partial charge in [-0.1, -0.05) is 30.3 Å². The van der Waals surface area contributed by atoms with E-state index in [2.05, 4.69) is 0 Å². The van der Waals surface area contributed by atoms with Crippen molar-refractivity contribution in [3.8, 4) is 0 Å². The molecule has 15 heavy (non-hydrogen) atoms. The van der Waals surface area contributed by atoms with Gasteiger partial charge in [-0.25, -0.2) is 0 Å². The number of hydrogen-bond donors (Lipinski definition) is 1. The van der Waals surface area contributed by atoms with Crippen LogP contribution in [0.4, 0.5) is 13.2 Å². The highest BCUT2D eigenvalue weighted by Gasteiger charge is 2.52. The van der Waals surface area contributed by atoms with Gasteiger partial charge in [0.1, 0.15) is 6.04 Å². The molecule has 0 aromatic heterocycles. The highest BCUT2D eigenvalue weighted by atomic mass is 19.4. The molecule has 0 saturated heterocycles. The SMILES string of the molecule is NC(C1CC1c1ccccc1)C(F)(F)F. The second kappa shape index (κ2) is 3.52. The largest absolute Gasteiger partial charge is 0.403 e. The number of rotatable bonds is 2. The van der Waals surface area contributed by atoms with E-state index in [9.17, 15) is 13.2 Å². The van der Waals surface area contributed by atoms with Gasteiger partial charge in [-0.15, -0.1) is 0 Å². The Morgan fingerprint density at radius 1 is 1.20 bits per heavy atom. The Bertz CT molecular complexity index is 333. The van der Waals surface area contributed by atoms with E-state index in [1.54, 1.807) is 0 Å². The van der Waals surface area contributed by atoms with Gasteiger partial charge in [-0.3, -0.25) is 0 Å². The van der Waals surface area contributed by atoms with Crippen LogP contribution in [0, 0.1) is 5.92 Å². The van der Waals surface area contributed by atoms with E-state index in [1.807, 2.05) is 30.3 Å². The van der Waals surface area contributed by atoms with Crippen LogP contribution in [0.5, 0.6) is 0 Å². The van der Waals surface area contributed by atoms with Crippen LogP contribution in [-0.2, 0) is 0 Å². The molecule has 0 heterocycles. The molecule has 0 spiro atoms. The zero-order valence-corrected chi connectivity index (χ0v) is 8.04. The Morgan fingerprint density at radius 3 is 2.33 bits per heavy atom. The maximum atomic E-state index is 12.3. The quantitative estimate of drug-likeness (QED) is 0.806. The highest BCUT2D eigenvalue weighted by Crippen LogP contribution is 2.51. The second-order valence-electron chi connectivity index (χ2n) is 3.98. The van der Waals surface area contributed by atoms with Crippen molar-refractivity contribution in [1.82, 2.24) is 0 Å². The van der Waals surface area contributed by atoms with Crippen molar-refractivity contribution < 1.29 is 13.2 Å². The fraction of sp³-hybridized carbons (Fsp3) is 0.455. The first-order chi connectivity index (χ1) is 7.00. The molecule has 1 aromatic rings. The molecule has 82 valence electrons. The zero-order valence-electron chi connectivity index (χ0n) is 8.04. The molecule has 4 heteroatoms. The minimum absolute atomic E-state index is 0.0113. The van der Waals surface area contributed by atoms with E-state index >= 15 is 0 Å². The normalized spacial score (nSPS) is 27.5. The summed E-state index contributed by atoms with van der Waals surface area (Å²) in [5.41, 5.74) is 6.12. The Kier molecular flexibility index (Phi) is 2.46. The highest BCUT2D eigenvalue weighted by molar-refractivity contribution is 5.26. The average molecular weight is 215 g/mol. The summed E-state index contributed by atoms with van der Waals surface area (Å²) in [7, 11) is 0. The summed E-state index contributed by atoms with van der Waals surface area (Å²) < 4.78 is 36.9. The summed E-state index contributed by atoms with van der Waals surface area (Å²) in [5.74, 6) is -0.449. The van der Waals surface area contributed by atoms with Crippen molar-refractivity contribution in [3.63, 3.8) is 0 Å². The van der Waals surface area contributed by atoms with Crippen molar-refractivity contribution in [1.29, 1.82) is 0 Å². The molecule has 1 saturated carbocycles. The van der Waals surface area contributed by atoms with Crippen LogP contribution in [0.2, 0.25) is 0 Å². The maximum Gasteiger partial charge on any atom is 0.403 e. The summed E-state index contributed by atoms with van der Waals surface area (Å²) in [6.07, 6.45) is -3.72. The van der Waals surface area contributed by atoms with E-state index in [0.717, 1.165) is 5.56 Å². The van der Waals surface area contributed by atoms with E-state index in [1.165, 1.54) is 0 Å². The third kappa shape index (κ3) is 2.15. The van der Waals surface area contributed by atoms with Gasteiger partial charge in [0.05, 0.1) is 0 Å². The molecule has 1 nitrogen and oxygen atoms in total. The van der Waals surface area contributed by atoms with E-state index in [0.29, 0.717) is 6.42 Å². The Balaban J connectivity index is 2.03. The average Bonchev–Trinajstić information content (AvgIpc) is 2.96. The summed E-state index contributed by atoms with van der Waals surface area (Å²) >= 11 is 0. The molecule has 0 amide bonds. The van der Waals surface area contributed by atoms with Gasteiger partial charge in [0.15, 0.2) is 0 Å². The van der Waals surface area contributed by atoms with Gasteiger partial charge in [-0.05, 0) is 23.8 Å². The van der Waals surface area contributed by atoms with E-state index in [-0.39, 0.29) is 5.92 Å². The van der Waals surface area contributed by atoms with E-state index < -0.39 is 18.1 Å². The van der Waals surface area contributed by atoms with Gasteiger partial charge < -0.3 is 5.73 Å². The molecular formula is C11H12F3N. The predicted octanol–water partition coefficient (Wildman–Crippen LogP) is 2.68. The summed E-state index contributed by atoms with van der Waals surface area (Å²) in [5, 5.41) is 0. The van der Waals surface area contributed by atoms with Crippen molar-refractivity contribution in [3.05, 3.63) is 35.9 Å². The third-order valence-electron chi connectivity index (χ3n) is 2.91. The fourth-order valence-corrected chi connectivity index (χ4v) is 1.94. The molecule has 1 aromatic carbocycles. The Hall–Kier alpha value is -1.03. The first kappa shape index (κ1) is 10.5. The van der Waals surface area contributed by atoms with Gasteiger partial charge in [0.2, 0.25) is 0 Å². The molecule has 2 rings (SSSR count). The summed E-state index contributed by atoms with van der Waals surface area (Å²) in [4.78, 5) is 0. The number of benzene rings is 1. The predicted molar refractivity (Wildman–Crippen MR) is 51.3 cm³/mol. The lowest BCUT2D eigenvalue weighted by Crippen LogP contribution is -2.39. The van der Waals surface area contributed by atoms with Crippen LogP contribution < -0.4 is 5.73 Å². The number of alkyl halides is 3. The van der Waals surface area contributed by atoms with Crippen molar-refractivity contribution >= 4 is 0 Å². The number of halogens is 3.